The van der Waals surface area contributed by atoms with Crippen molar-refractivity contribution in [2.24, 2.45) is 0 Å². The van der Waals surface area contributed by atoms with Gasteiger partial charge in [-0.3, -0.25) is 0 Å². The molecule has 0 aromatic heterocycles. The van der Waals surface area contributed by atoms with Crippen LogP contribution in [-0.4, -0.2) is 37.2 Å². The Morgan fingerprint density at radius 1 is 1.14 bits per heavy atom. The van der Waals surface area contributed by atoms with Crippen LogP contribution in [0, 0.1) is 20.2 Å². The molecule has 1 aromatic carbocycles. The molecule has 0 aliphatic heterocycles. The predicted octanol–water partition coefficient (Wildman–Crippen LogP) is -0.352. The van der Waals surface area contributed by atoms with E-state index in [9.17, 15) is 20.2 Å². The molecular weight excluding hydrogens is 322 g/mol. The average Bonchev–Trinajstić information content (AvgIpc) is 2.16. The van der Waals surface area contributed by atoms with Gasteiger partial charge in [0.15, 0.2) is 0 Å². The van der Waals surface area contributed by atoms with Gasteiger partial charge in [0.25, 0.3) is 0 Å². The van der Waals surface area contributed by atoms with Crippen LogP contribution in [-0.2, 0) is 0 Å². The summed E-state index contributed by atoms with van der Waals surface area (Å²) in [5, 5.41) is 21.1. The first-order chi connectivity index (χ1) is 6.57. The molecule has 6 nitrogen and oxygen atoms in total. The number of nitro groups is 2. The molecule has 1 aromatic rings. The fraction of sp³-hybridized carbons (Fsp3) is 0. The van der Waals surface area contributed by atoms with Gasteiger partial charge >= 0.3 is 91.4 Å². The van der Waals surface area contributed by atoms with Crippen LogP contribution in [0.15, 0.2) is 18.2 Å². The van der Waals surface area contributed by atoms with Crippen LogP contribution in [0.3, 0.4) is 0 Å². The third-order valence-electron chi connectivity index (χ3n) is 1.46. The van der Waals surface area contributed by atoms with Crippen LogP contribution < -0.4 is 4.46 Å². The molecule has 0 N–H and O–H groups in total. The Bertz CT molecular complexity index is 363. The fourth-order valence-electron chi connectivity index (χ4n) is 0.894. The van der Waals surface area contributed by atoms with Crippen molar-refractivity contribution >= 4 is 43.2 Å². The quantitative estimate of drug-likeness (QED) is 0.432. The second-order valence-corrected chi connectivity index (χ2v) is 5.46. The van der Waals surface area contributed by atoms with Gasteiger partial charge in [0.2, 0.25) is 0 Å². The normalized spacial score (nSPS) is 9.79. The van der Waals surface area contributed by atoms with Crippen LogP contribution in [0.25, 0.3) is 0 Å². The van der Waals surface area contributed by atoms with Crippen LogP contribution in [0.1, 0.15) is 0 Å². The zero-order chi connectivity index (χ0) is 10.7. The monoisotopic (exact) mass is 328 g/mol. The summed E-state index contributed by atoms with van der Waals surface area (Å²) in [6.07, 6.45) is 0. The minimum absolute atomic E-state index is 0.181. The number of nitro benzene ring substituents is 2. The zero-order valence-corrected chi connectivity index (χ0v) is 10.2. The Balaban J connectivity index is 3.39. The van der Waals surface area contributed by atoms with Gasteiger partial charge in [0, 0.05) is 0 Å². The molecule has 0 unspecified atom stereocenters. The summed E-state index contributed by atoms with van der Waals surface area (Å²) in [4.78, 5) is 19.9. The molecule has 8 heteroatoms. The average molecular weight is 326 g/mol. The molecule has 14 heavy (non-hydrogen) atoms. The standard InChI is InChI=1S/C6H4N2O4Se2/c9-7(10)4-2-1-3-5(8(11)12)6(4)14-13/h1-3,13H. The molecule has 0 saturated carbocycles. The molecule has 0 saturated heterocycles. The van der Waals surface area contributed by atoms with Crippen molar-refractivity contribution in [1.29, 1.82) is 0 Å². The first kappa shape index (κ1) is 11.1. The first-order valence-electron chi connectivity index (χ1n) is 3.31. The third-order valence-corrected chi connectivity index (χ3v) is 4.71. The second kappa shape index (κ2) is 4.52. The summed E-state index contributed by atoms with van der Waals surface area (Å²) >= 11 is 1.82. The molecule has 0 heterocycles. The molecular formula is C6H4N2O4Se2. The SMILES string of the molecule is O=[N+]([O-])c1cccc([N+](=O)[O-])c1[Se][SeH]. The Kier molecular flexibility index (Phi) is 3.60. The molecule has 0 fully saturated rings. The molecule has 0 spiro atoms. The van der Waals surface area contributed by atoms with E-state index in [-0.39, 0.29) is 29.0 Å². The Morgan fingerprint density at radius 3 is 1.86 bits per heavy atom. The minimum atomic E-state index is -0.600. The van der Waals surface area contributed by atoms with Crippen molar-refractivity contribution in [1.82, 2.24) is 0 Å². The van der Waals surface area contributed by atoms with E-state index in [0.29, 0.717) is 0 Å². The molecule has 0 bridgehead atoms. The van der Waals surface area contributed by atoms with Gasteiger partial charge in [0.05, 0.1) is 0 Å². The van der Waals surface area contributed by atoms with Crippen molar-refractivity contribution in [3.8, 4) is 0 Å². The van der Waals surface area contributed by atoms with Crippen LogP contribution >= 0.6 is 0 Å². The van der Waals surface area contributed by atoms with Gasteiger partial charge in [-0.1, -0.05) is 0 Å². The number of nitrogens with zero attached hydrogens (tertiary/aromatic N) is 2. The summed E-state index contributed by atoms with van der Waals surface area (Å²) < 4.78 is 0.204. The van der Waals surface area contributed by atoms with Gasteiger partial charge in [-0.05, 0) is 0 Å². The second-order valence-electron chi connectivity index (χ2n) is 2.23. The van der Waals surface area contributed by atoms with E-state index in [1.54, 1.807) is 0 Å². The molecule has 0 amide bonds. The number of hydrogen-bond acceptors (Lipinski definition) is 4. The van der Waals surface area contributed by atoms with Crippen LogP contribution in [0.2, 0.25) is 0 Å². The van der Waals surface area contributed by atoms with Gasteiger partial charge in [0.1, 0.15) is 0 Å². The zero-order valence-electron chi connectivity index (χ0n) is 6.61. The predicted molar refractivity (Wildman–Crippen MR) is 52.3 cm³/mol. The van der Waals surface area contributed by atoms with E-state index in [2.05, 4.69) is 14.2 Å². The van der Waals surface area contributed by atoms with E-state index in [1.165, 1.54) is 18.2 Å². The molecule has 0 radical (unpaired) electrons. The fourth-order valence-corrected chi connectivity index (χ4v) is 3.92. The summed E-state index contributed by atoms with van der Waals surface area (Å²) in [6, 6.07) is 3.87. The van der Waals surface area contributed by atoms with Crippen molar-refractivity contribution in [3.63, 3.8) is 0 Å². The van der Waals surface area contributed by atoms with Gasteiger partial charge in [-0.15, -0.1) is 0 Å². The van der Waals surface area contributed by atoms with E-state index in [1.807, 2.05) is 0 Å². The van der Waals surface area contributed by atoms with Crippen LogP contribution in [0.4, 0.5) is 11.4 Å². The van der Waals surface area contributed by atoms with Gasteiger partial charge < -0.3 is 0 Å². The number of hydrogen-bond donors (Lipinski definition) is 0. The molecule has 0 aliphatic carbocycles. The van der Waals surface area contributed by atoms with Gasteiger partial charge in [-0.25, -0.2) is 0 Å². The molecule has 0 atom stereocenters. The molecule has 1 rings (SSSR count). The van der Waals surface area contributed by atoms with E-state index < -0.39 is 9.85 Å². The first-order valence-corrected chi connectivity index (χ1v) is 8.91. The topological polar surface area (TPSA) is 86.3 Å². The maximum absolute atomic E-state index is 10.5. The summed E-state index contributed by atoms with van der Waals surface area (Å²) in [5.74, 6) is 0. The Morgan fingerprint density at radius 2 is 1.57 bits per heavy atom. The summed E-state index contributed by atoms with van der Waals surface area (Å²) in [5.41, 5.74) is -0.361. The third kappa shape index (κ3) is 2.10. The van der Waals surface area contributed by atoms with E-state index in [4.69, 9.17) is 0 Å². The Labute approximate surface area is 91.5 Å². The van der Waals surface area contributed by atoms with E-state index >= 15 is 0 Å². The molecule has 0 aliphatic rings. The number of rotatable bonds is 3. The summed E-state index contributed by atoms with van der Waals surface area (Å²) in [7, 11) is 0. The van der Waals surface area contributed by atoms with Crippen molar-refractivity contribution in [2.45, 2.75) is 0 Å². The summed E-state index contributed by atoms with van der Waals surface area (Å²) in [6.45, 7) is 0. The van der Waals surface area contributed by atoms with E-state index in [0.717, 1.165) is 0 Å². The number of benzene rings is 1. The van der Waals surface area contributed by atoms with Crippen molar-refractivity contribution in [3.05, 3.63) is 38.4 Å². The van der Waals surface area contributed by atoms with Crippen molar-refractivity contribution in [2.75, 3.05) is 0 Å². The van der Waals surface area contributed by atoms with Crippen molar-refractivity contribution < 1.29 is 9.85 Å². The van der Waals surface area contributed by atoms with Gasteiger partial charge in [-0.2, -0.15) is 0 Å². The molecule has 74 valence electrons. The Hall–Kier alpha value is -0.941. The maximum atomic E-state index is 10.5. The van der Waals surface area contributed by atoms with Crippen LogP contribution in [0.5, 0.6) is 0 Å².